The summed E-state index contributed by atoms with van der Waals surface area (Å²) in [7, 11) is 0. The predicted octanol–water partition coefficient (Wildman–Crippen LogP) is -0.773. The monoisotopic (exact) mass is 250 g/mol. The van der Waals surface area contributed by atoms with E-state index in [1.165, 1.54) is 0 Å². The van der Waals surface area contributed by atoms with Crippen molar-refractivity contribution in [3.8, 4) is 6.07 Å². The van der Waals surface area contributed by atoms with Crippen molar-refractivity contribution in [3.63, 3.8) is 0 Å². The summed E-state index contributed by atoms with van der Waals surface area (Å²) in [5.41, 5.74) is 0. The Labute approximate surface area is 106 Å². The van der Waals surface area contributed by atoms with Gasteiger partial charge in [0.1, 0.15) is 0 Å². The minimum atomic E-state index is -0.183. The third-order valence-corrected chi connectivity index (χ3v) is 3.52. The number of carbonyl (C=O) groups excluding carboxylic acids is 2. The van der Waals surface area contributed by atoms with Gasteiger partial charge in [-0.3, -0.25) is 9.59 Å². The van der Waals surface area contributed by atoms with Crippen LogP contribution in [0.2, 0.25) is 0 Å². The van der Waals surface area contributed by atoms with Crippen molar-refractivity contribution in [1.29, 1.82) is 5.26 Å². The van der Waals surface area contributed by atoms with Gasteiger partial charge in [0.15, 0.2) is 0 Å². The molecule has 0 aromatic heterocycles. The van der Waals surface area contributed by atoms with Gasteiger partial charge in [0, 0.05) is 19.1 Å². The van der Waals surface area contributed by atoms with E-state index in [1.54, 1.807) is 4.90 Å². The second-order valence-electron chi connectivity index (χ2n) is 4.79. The maximum Gasteiger partial charge on any atom is 0.239 e. The zero-order valence-corrected chi connectivity index (χ0v) is 10.3. The Hall–Kier alpha value is -1.61. The number of hydrogen-bond acceptors (Lipinski definition) is 4. The molecule has 0 saturated carbocycles. The molecule has 0 radical (unpaired) electrons. The van der Waals surface area contributed by atoms with Crippen LogP contribution in [0.15, 0.2) is 0 Å². The molecule has 0 spiro atoms. The number of nitriles is 1. The number of likely N-dealkylation sites (tertiary alicyclic amines) is 1. The Kier molecular flexibility index (Phi) is 4.15. The lowest BCUT2D eigenvalue weighted by Crippen LogP contribution is -2.41. The molecule has 0 bridgehead atoms. The number of rotatable bonds is 4. The average molecular weight is 250 g/mol. The van der Waals surface area contributed by atoms with E-state index in [4.69, 9.17) is 5.26 Å². The van der Waals surface area contributed by atoms with Crippen molar-refractivity contribution >= 4 is 11.8 Å². The Morgan fingerprint density at radius 3 is 3.17 bits per heavy atom. The van der Waals surface area contributed by atoms with Crippen LogP contribution >= 0.6 is 0 Å². The van der Waals surface area contributed by atoms with Crippen LogP contribution in [0, 0.1) is 17.2 Å². The Morgan fingerprint density at radius 1 is 1.61 bits per heavy atom. The van der Waals surface area contributed by atoms with Crippen LogP contribution < -0.4 is 10.6 Å². The lowest BCUT2D eigenvalue weighted by atomic mass is 9.94. The van der Waals surface area contributed by atoms with Gasteiger partial charge in [-0.05, 0) is 19.4 Å². The summed E-state index contributed by atoms with van der Waals surface area (Å²) in [5, 5.41) is 14.3. The summed E-state index contributed by atoms with van der Waals surface area (Å²) < 4.78 is 0. The van der Waals surface area contributed by atoms with Crippen molar-refractivity contribution < 1.29 is 9.59 Å². The van der Waals surface area contributed by atoms with Gasteiger partial charge in [0.05, 0.1) is 25.0 Å². The number of hydrogen-bond donors (Lipinski definition) is 2. The first kappa shape index (κ1) is 12.8. The zero-order valence-electron chi connectivity index (χ0n) is 10.3. The van der Waals surface area contributed by atoms with Crippen LogP contribution in [0.1, 0.15) is 19.3 Å². The highest BCUT2D eigenvalue weighted by Gasteiger charge is 2.41. The highest BCUT2D eigenvalue weighted by atomic mass is 16.2. The van der Waals surface area contributed by atoms with Crippen LogP contribution in [0.25, 0.3) is 0 Å². The van der Waals surface area contributed by atoms with Crippen molar-refractivity contribution in [2.75, 3.05) is 26.2 Å². The summed E-state index contributed by atoms with van der Waals surface area (Å²) in [6.07, 6.45) is 2.24. The molecule has 0 aliphatic carbocycles. The van der Waals surface area contributed by atoms with E-state index in [2.05, 4.69) is 10.6 Å². The molecule has 2 unspecified atom stereocenters. The van der Waals surface area contributed by atoms with Gasteiger partial charge in [-0.15, -0.1) is 0 Å². The molecule has 2 aliphatic heterocycles. The molecule has 2 atom stereocenters. The lowest BCUT2D eigenvalue weighted by molar-refractivity contribution is -0.135. The van der Waals surface area contributed by atoms with Gasteiger partial charge >= 0.3 is 0 Å². The van der Waals surface area contributed by atoms with Gasteiger partial charge in [-0.1, -0.05) is 0 Å². The minimum Gasteiger partial charge on any atom is -0.354 e. The molecule has 98 valence electrons. The molecular weight excluding hydrogens is 232 g/mol. The van der Waals surface area contributed by atoms with Crippen molar-refractivity contribution in [2.45, 2.75) is 25.3 Å². The van der Waals surface area contributed by atoms with Gasteiger partial charge in [0.2, 0.25) is 11.8 Å². The van der Waals surface area contributed by atoms with Crippen LogP contribution in [-0.4, -0.2) is 48.9 Å². The number of nitrogens with zero attached hydrogens (tertiary/aromatic N) is 2. The number of carbonyl (C=O) groups is 2. The maximum atomic E-state index is 12.1. The van der Waals surface area contributed by atoms with E-state index in [0.717, 1.165) is 19.4 Å². The van der Waals surface area contributed by atoms with Crippen LogP contribution in [0.5, 0.6) is 0 Å². The Morgan fingerprint density at radius 2 is 2.44 bits per heavy atom. The van der Waals surface area contributed by atoms with Crippen molar-refractivity contribution in [1.82, 2.24) is 15.5 Å². The van der Waals surface area contributed by atoms with E-state index < -0.39 is 0 Å². The molecule has 6 nitrogen and oxygen atoms in total. The molecule has 2 rings (SSSR count). The summed E-state index contributed by atoms with van der Waals surface area (Å²) in [6, 6.07) is 2.17. The number of fused-ring (bicyclic) bond motifs is 1. The second-order valence-corrected chi connectivity index (χ2v) is 4.79. The first-order valence-electron chi connectivity index (χ1n) is 6.38. The van der Waals surface area contributed by atoms with Crippen LogP contribution in [0.4, 0.5) is 0 Å². The van der Waals surface area contributed by atoms with E-state index in [9.17, 15) is 9.59 Å². The first-order chi connectivity index (χ1) is 8.72. The first-order valence-corrected chi connectivity index (χ1v) is 6.38. The SMILES string of the molecule is N#CCCNC(=O)CN1CC2NCCCC2C1=O. The maximum absolute atomic E-state index is 12.1. The fourth-order valence-electron chi connectivity index (χ4n) is 2.63. The Bertz CT molecular complexity index is 377. The molecule has 2 aliphatic rings. The molecular formula is C12H18N4O2. The van der Waals surface area contributed by atoms with Crippen molar-refractivity contribution in [2.24, 2.45) is 5.92 Å². The molecule has 0 aromatic rings. The van der Waals surface area contributed by atoms with Crippen LogP contribution in [0.3, 0.4) is 0 Å². The minimum absolute atomic E-state index is 0.0469. The van der Waals surface area contributed by atoms with Gasteiger partial charge < -0.3 is 15.5 Å². The topological polar surface area (TPSA) is 85.2 Å². The third kappa shape index (κ3) is 2.79. The van der Waals surface area contributed by atoms with E-state index in [-0.39, 0.29) is 30.3 Å². The predicted molar refractivity (Wildman–Crippen MR) is 64.3 cm³/mol. The average Bonchev–Trinajstić information content (AvgIpc) is 2.67. The normalized spacial score (nSPS) is 26.6. The number of amides is 2. The van der Waals surface area contributed by atoms with Gasteiger partial charge in [-0.2, -0.15) is 5.26 Å². The van der Waals surface area contributed by atoms with Crippen molar-refractivity contribution in [3.05, 3.63) is 0 Å². The highest BCUT2D eigenvalue weighted by Crippen LogP contribution is 2.25. The van der Waals surface area contributed by atoms with E-state index in [0.29, 0.717) is 19.5 Å². The molecule has 2 saturated heterocycles. The highest BCUT2D eigenvalue weighted by molar-refractivity contribution is 5.88. The van der Waals surface area contributed by atoms with E-state index >= 15 is 0 Å². The molecule has 2 N–H and O–H groups in total. The fraction of sp³-hybridized carbons (Fsp3) is 0.750. The largest absolute Gasteiger partial charge is 0.354 e. The van der Waals surface area contributed by atoms with Crippen LogP contribution in [-0.2, 0) is 9.59 Å². The quantitative estimate of drug-likeness (QED) is 0.641. The smallest absolute Gasteiger partial charge is 0.239 e. The Balaban J connectivity index is 1.81. The standard InChI is InChI=1S/C12H18N4O2/c13-4-2-6-15-11(17)8-16-7-10-9(12(16)18)3-1-5-14-10/h9-10,14H,1-3,5-8H2,(H,15,17). The molecule has 2 heterocycles. The number of piperidine rings is 1. The lowest BCUT2D eigenvalue weighted by Gasteiger charge is -2.23. The summed E-state index contributed by atoms with van der Waals surface area (Å²) >= 11 is 0. The van der Waals surface area contributed by atoms with E-state index in [1.807, 2.05) is 6.07 Å². The molecule has 0 aromatic carbocycles. The summed E-state index contributed by atoms with van der Waals surface area (Å²) in [4.78, 5) is 25.3. The summed E-state index contributed by atoms with van der Waals surface area (Å²) in [5.74, 6) is -0.0504. The number of nitrogens with one attached hydrogen (secondary N) is 2. The molecule has 2 fully saturated rings. The summed E-state index contributed by atoms with van der Waals surface area (Å²) in [6.45, 7) is 2.03. The third-order valence-electron chi connectivity index (χ3n) is 3.52. The molecule has 6 heteroatoms. The fourth-order valence-corrected chi connectivity index (χ4v) is 2.63. The molecule has 2 amide bonds. The van der Waals surface area contributed by atoms with Gasteiger partial charge in [0.25, 0.3) is 0 Å². The van der Waals surface area contributed by atoms with Gasteiger partial charge in [-0.25, -0.2) is 0 Å². The molecule has 18 heavy (non-hydrogen) atoms. The second kappa shape index (κ2) is 5.83. The zero-order chi connectivity index (χ0) is 13.0.